The average molecular weight is 398 g/mol. The minimum atomic E-state index is -1.23. The van der Waals surface area contributed by atoms with E-state index in [9.17, 15) is 9.90 Å². The lowest BCUT2D eigenvalue weighted by molar-refractivity contribution is -0.0120. The summed E-state index contributed by atoms with van der Waals surface area (Å²) in [5.41, 5.74) is -0.175. The molecule has 1 fully saturated rings. The molecule has 0 spiro atoms. The van der Waals surface area contributed by atoms with Crippen LogP contribution in [0.25, 0.3) is 0 Å². The lowest BCUT2D eigenvalue weighted by atomic mass is 9.90. The monoisotopic (exact) mass is 397 g/mol. The van der Waals surface area contributed by atoms with Crippen LogP contribution in [-0.2, 0) is 11.3 Å². The smallest absolute Gasteiger partial charge is 0.417 e. The Labute approximate surface area is 173 Å². The highest BCUT2D eigenvalue weighted by Gasteiger charge is 2.41. The molecule has 5 heteroatoms. The van der Waals surface area contributed by atoms with E-state index in [4.69, 9.17) is 9.47 Å². The van der Waals surface area contributed by atoms with E-state index in [1.807, 2.05) is 63.2 Å². The van der Waals surface area contributed by atoms with Crippen LogP contribution in [0.15, 0.2) is 54.6 Å². The van der Waals surface area contributed by atoms with Crippen molar-refractivity contribution in [1.29, 1.82) is 0 Å². The van der Waals surface area contributed by atoms with Gasteiger partial charge in [0.25, 0.3) is 0 Å². The van der Waals surface area contributed by atoms with Crippen molar-refractivity contribution in [3.05, 3.63) is 60.2 Å². The molecule has 156 valence electrons. The highest BCUT2D eigenvalue weighted by Crippen LogP contribution is 2.36. The number of carbonyl (C=O) groups excluding carboxylic acids is 1. The van der Waals surface area contributed by atoms with E-state index < -0.39 is 17.4 Å². The molecule has 0 aliphatic heterocycles. The molecule has 2 aromatic carbocycles. The molecule has 5 nitrogen and oxygen atoms in total. The van der Waals surface area contributed by atoms with Crippen LogP contribution < -0.4 is 9.64 Å². The number of benzene rings is 2. The van der Waals surface area contributed by atoms with Gasteiger partial charge in [0.1, 0.15) is 23.7 Å². The van der Waals surface area contributed by atoms with Gasteiger partial charge >= 0.3 is 6.09 Å². The van der Waals surface area contributed by atoms with Gasteiger partial charge < -0.3 is 14.6 Å². The fraction of sp³-hybridized carbons (Fsp3) is 0.458. The summed E-state index contributed by atoms with van der Waals surface area (Å²) in [5, 5.41) is 11.3. The molecule has 1 amide bonds. The van der Waals surface area contributed by atoms with Crippen LogP contribution in [0, 0.1) is 0 Å². The first kappa shape index (κ1) is 21.2. The number of hydrogen-bond donors (Lipinski definition) is 1. The summed E-state index contributed by atoms with van der Waals surface area (Å²) in [6, 6.07) is 17.2. The summed E-state index contributed by atoms with van der Waals surface area (Å²) in [5.74, 6) is 0.706. The number of amides is 1. The molecule has 0 heterocycles. The minimum Gasteiger partial charge on any atom is -0.489 e. The molecule has 0 bridgehead atoms. The third-order valence-electron chi connectivity index (χ3n) is 4.99. The van der Waals surface area contributed by atoms with Crippen LogP contribution in [0.3, 0.4) is 0 Å². The van der Waals surface area contributed by atoms with Gasteiger partial charge in [0.2, 0.25) is 0 Å². The molecule has 2 aromatic rings. The van der Waals surface area contributed by atoms with Crippen molar-refractivity contribution in [2.45, 2.75) is 70.8 Å². The third kappa shape index (κ3) is 5.73. The van der Waals surface area contributed by atoms with Gasteiger partial charge in [-0.3, -0.25) is 0 Å². The lowest BCUT2D eigenvalue weighted by Crippen LogP contribution is -2.54. The van der Waals surface area contributed by atoms with Crippen molar-refractivity contribution in [1.82, 2.24) is 0 Å². The van der Waals surface area contributed by atoms with E-state index in [1.54, 1.807) is 12.1 Å². The van der Waals surface area contributed by atoms with E-state index in [-0.39, 0.29) is 0 Å². The van der Waals surface area contributed by atoms with Gasteiger partial charge in [-0.1, -0.05) is 36.8 Å². The van der Waals surface area contributed by atoms with E-state index in [2.05, 4.69) is 0 Å². The van der Waals surface area contributed by atoms with E-state index in [1.165, 1.54) is 4.90 Å². The first-order chi connectivity index (χ1) is 13.8. The first-order valence-corrected chi connectivity index (χ1v) is 10.3. The molecule has 0 radical (unpaired) electrons. The molecule has 3 rings (SSSR count). The summed E-state index contributed by atoms with van der Waals surface area (Å²) in [4.78, 5) is 14.4. The number of rotatable bonds is 5. The van der Waals surface area contributed by atoms with Gasteiger partial charge in [-0.2, -0.15) is 0 Å². The molecular weight excluding hydrogens is 366 g/mol. The molecule has 0 unspecified atom stereocenters. The van der Waals surface area contributed by atoms with Crippen LogP contribution in [-0.4, -0.2) is 22.5 Å². The Morgan fingerprint density at radius 3 is 2.21 bits per heavy atom. The second-order valence-corrected chi connectivity index (χ2v) is 8.63. The van der Waals surface area contributed by atoms with E-state index in [0.29, 0.717) is 30.9 Å². The zero-order valence-corrected chi connectivity index (χ0v) is 17.6. The minimum absolute atomic E-state index is 0.472. The maximum absolute atomic E-state index is 13.0. The zero-order valence-electron chi connectivity index (χ0n) is 17.6. The first-order valence-electron chi connectivity index (χ1n) is 10.3. The van der Waals surface area contributed by atoms with Crippen LogP contribution in [0.5, 0.6) is 5.75 Å². The van der Waals surface area contributed by atoms with Crippen LogP contribution in [0.2, 0.25) is 0 Å². The SMILES string of the molecule is CC(C)(C)OC(=O)N(c1ccc(OCc2ccccc2)cc1)C1(O)CCCCC1. The number of carbonyl (C=O) groups is 1. The second-order valence-electron chi connectivity index (χ2n) is 8.63. The molecule has 1 N–H and O–H groups in total. The van der Waals surface area contributed by atoms with Gasteiger partial charge in [-0.05, 0) is 76.3 Å². The fourth-order valence-electron chi connectivity index (χ4n) is 3.60. The Kier molecular flexibility index (Phi) is 6.48. The fourth-order valence-corrected chi connectivity index (χ4v) is 3.60. The quantitative estimate of drug-likeness (QED) is 0.662. The predicted octanol–water partition coefficient (Wildman–Crippen LogP) is 5.66. The van der Waals surface area contributed by atoms with Crippen molar-refractivity contribution < 1.29 is 19.4 Å². The van der Waals surface area contributed by atoms with Gasteiger partial charge in [-0.15, -0.1) is 0 Å². The Morgan fingerprint density at radius 1 is 1.00 bits per heavy atom. The summed E-state index contributed by atoms with van der Waals surface area (Å²) < 4.78 is 11.4. The highest BCUT2D eigenvalue weighted by molar-refractivity contribution is 5.89. The normalized spacial score (nSPS) is 16.1. The summed E-state index contributed by atoms with van der Waals surface area (Å²) >= 11 is 0. The zero-order chi connectivity index (χ0) is 20.9. The van der Waals surface area contributed by atoms with Crippen molar-refractivity contribution in [2.75, 3.05) is 4.90 Å². The maximum atomic E-state index is 13.0. The maximum Gasteiger partial charge on any atom is 0.417 e. The van der Waals surface area contributed by atoms with Gasteiger partial charge in [0.05, 0.1) is 5.69 Å². The van der Waals surface area contributed by atoms with Crippen molar-refractivity contribution in [2.24, 2.45) is 0 Å². The third-order valence-corrected chi connectivity index (χ3v) is 4.99. The summed E-state index contributed by atoms with van der Waals surface area (Å²) in [6.45, 7) is 5.96. The van der Waals surface area contributed by atoms with Crippen molar-refractivity contribution in [3.8, 4) is 5.75 Å². The van der Waals surface area contributed by atoms with Gasteiger partial charge in [0, 0.05) is 0 Å². The number of anilines is 1. The van der Waals surface area contributed by atoms with Gasteiger partial charge in [0.15, 0.2) is 0 Å². The molecular formula is C24H31NO4. The van der Waals surface area contributed by atoms with Crippen LogP contribution in [0.1, 0.15) is 58.4 Å². The number of nitrogens with zero attached hydrogens (tertiary/aromatic N) is 1. The number of hydrogen-bond acceptors (Lipinski definition) is 4. The topological polar surface area (TPSA) is 59.0 Å². The summed E-state index contributed by atoms with van der Waals surface area (Å²) in [6.07, 6.45) is 3.38. The standard InChI is InChI=1S/C24H31NO4/c1-23(2,3)29-22(26)25(24(27)16-8-5-9-17-24)20-12-14-21(15-13-20)28-18-19-10-6-4-7-11-19/h4,6-7,10-15,27H,5,8-9,16-18H2,1-3H3. The molecule has 29 heavy (non-hydrogen) atoms. The Bertz CT molecular complexity index is 790. The van der Waals surface area contributed by atoms with E-state index in [0.717, 1.165) is 24.8 Å². The summed E-state index contributed by atoms with van der Waals surface area (Å²) in [7, 11) is 0. The van der Waals surface area contributed by atoms with Crippen LogP contribution >= 0.6 is 0 Å². The lowest BCUT2D eigenvalue weighted by Gasteiger charge is -2.42. The van der Waals surface area contributed by atoms with Crippen molar-refractivity contribution in [3.63, 3.8) is 0 Å². The molecule has 0 saturated heterocycles. The highest BCUT2D eigenvalue weighted by atomic mass is 16.6. The Morgan fingerprint density at radius 2 is 1.62 bits per heavy atom. The number of ether oxygens (including phenoxy) is 2. The van der Waals surface area contributed by atoms with Gasteiger partial charge in [-0.25, -0.2) is 9.69 Å². The second kappa shape index (κ2) is 8.87. The van der Waals surface area contributed by atoms with Crippen LogP contribution in [0.4, 0.5) is 10.5 Å². The largest absolute Gasteiger partial charge is 0.489 e. The van der Waals surface area contributed by atoms with Crippen molar-refractivity contribution >= 4 is 11.8 Å². The molecule has 1 aliphatic rings. The average Bonchev–Trinajstić information content (AvgIpc) is 2.67. The molecule has 0 aromatic heterocycles. The molecule has 1 aliphatic carbocycles. The predicted molar refractivity (Wildman–Crippen MR) is 114 cm³/mol. The van der Waals surface area contributed by atoms with E-state index >= 15 is 0 Å². The molecule has 0 atom stereocenters. The number of aliphatic hydroxyl groups is 1. The Hall–Kier alpha value is -2.53. The molecule has 1 saturated carbocycles. The Balaban J connectivity index is 1.78.